The predicted octanol–water partition coefficient (Wildman–Crippen LogP) is 2.82. The molecule has 4 nitrogen and oxygen atoms in total. The first-order valence-electron chi connectivity index (χ1n) is 6.11. The Hall–Kier alpha value is -1.63. The van der Waals surface area contributed by atoms with Gasteiger partial charge < -0.3 is 15.9 Å². The topological polar surface area (TPSA) is 50.5 Å². The van der Waals surface area contributed by atoms with Gasteiger partial charge >= 0.3 is 6.61 Å². The highest BCUT2D eigenvalue weighted by molar-refractivity contribution is 5.68. The Morgan fingerprint density at radius 3 is 2.53 bits per heavy atom. The molecule has 0 saturated carbocycles. The number of piperidine rings is 1. The first-order chi connectivity index (χ1) is 9.06. The number of nitrogens with one attached hydrogen (secondary N) is 1. The Balaban J connectivity index is 2.14. The highest BCUT2D eigenvalue weighted by Gasteiger charge is 2.16. The lowest BCUT2D eigenvalue weighted by Crippen LogP contribution is -2.35. The van der Waals surface area contributed by atoms with E-state index in [4.69, 9.17) is 5.73 Å². The summed E-state index contributed by atoms with van der Waals surface area (Å²) in [6.07, 6.45) is 3.26. The van der Waals surface area contributed by atoms with Gasteiger partial charge in [-0.1, -0.05) is 6.42 Å². The lowest BCUT2D eigenvalue weighted by Gasteiger charge is -2.28. The molecule has 1 aliphatic heterocycles. The molecule has 0 amide bonds. The van der Waals surface area contributed by atoms with Gasteiger partial charge in [-0.3, -0.25) is 0 Å². The Morgan fingerprint density at radius 1 is 1.21 bits per heavy atom. The average Bonchev–Trinajstić information content (AvgIpc) is 2.36. The van der Waals surface area contributed by atoms with Gasteiger partial charge in [0, 0.05) is 25.2 Å². The molecule has 1 aliphatic rings. The number of hydrazine groups is 1. The van der Waals surface area contributed by atoms with Crippen LogP contribution in [-0.2, 0) is 0 Å². The lowest BCUT2D eigenvalue weighted by molar-refractivity contribution is -0.0521. The fourth-order valence-electron chi connectivity index (χ4n) is 2.03. The van der Waals surface area contributed by atoms with Crippen LogP contribution >= 0.6 is 0 Å². The van der Waals surface area contributed by atoms with E-state index in [1.165, 1.54) is 0 Å². The minimum Gasteiger partial charge on any atom is -0.432 e. The van der Waals surface area contributed by atoms with Crippen LogP contribution < -0.4 is 15.9 Å². The van der Waals surface area contributed by atoms with Crippen molar-refractivity contribution >= 4 is 11.4 Å². The van der Waals surface area contributed by atoms with Crippen LogP contribution in [0.3, 0.4) is 0 Å². The maximum atomic E-state index is 13.4. The van der Waals surface area contributed by atoms with Crippen molar-refractivity contribution in [2.45, 2.75) is 25.9 Å². The van der Waals surface area contributed by atoms with Crippen LogP contribution in [0.15, 0.2) is 12.1 Å². The number of nitrogen functional groups attached to an aromatic ring is 1. The van der Waals surface area contributed by atoms with Gasteiger partial charge in [-0.2, -0.15) is 8.78 Å². The molecule has 0 spiro atoms. The summed E-state index contributed by atoms with van der Waals surface area (Å²) in [6, 6.07) is 2.13. The second-order valence-corrected chi connectivity index (χ2v) is 4.41. The Kier molecular flexibility index (Phi) is 4.36. The summed E-state index contributed by atoms with van der Waals surface area (Å²) in [5, 5.41) is 1.93. The first-order valence-corrected chi connectivity index (χ1v) is 6.11. The third-order valence-electron chi connectivity index (χ3n) is 2.95. The molecule has 0 radical (unpaired) electrons. The summed E-state index contributed by atoms with van der Waals surface area (Å²) in [5.41, 5.74) is 9.20. The van der Waals surface area contributed by atoms with Crippen molar-refractivity contribution in [3.05, 3.63) is 17.9 Å². The van der Waals surface area contributed by atoms with Crippen molar-refractivity contribution in [2.24, 2.45) is 0 Å². The van der Waals surface area contributed by atoms with Crippen LogP contribution in [0.4, 0.5) is 24.5 Å². The number of ether oxygens (including phenoxy) is 1. The number of nitrogens with two attached hydrogens (primary N) is 1. The van der Waals surface area contributed by atoms with E-state index in [2.05, 4.69) is 10.2 Å². The molecule has 0 aliphatic carbocycles. The van der Waals surface area contributed by atoms with E-state index in [9.17, 15) is 13.2 Å². The highest BCUT2D eigenvalue weighted by atomic mass is 19.3. The van der Waals surface area contributed by atoms with E-state index in [0.717, 1.165) is 44.5 Å². The van der Waals surface area contributed by atoms with E-state index in [-0.39, 0.29) is 5.69 Å². The van der Waals surface area contributed by atoms with Crippen LogP contribution in [0.5, 0.6) is 5.75 Å². The van der Waals surface area contributed by atoms with Crippen LogP contribution in [0.25, 0.3) is 0 Å². The van der Waals surface area contributed by atoms with E-state index < -0.39 is 18.2 Å². The first kappa shape index (κ1) is 13.8. The van der Waals surface area contributed by atoms with E-state index >= 15 is 0 Å². The van der Waals surface area contributed by atoms with Crippen molar-refractivity contribution in [2.75, 3.05) is 24.2 Å². The molecule has 1 aromatic carbocycles. The second kappa shape index (κ2) is 6.01. The van der Waals surface area contributed by atoms with Crippen molar-refractivity contribution in [1.29, 1.82) is 0 Å². The van der Waals surface area contributed by atoms with Gasteiger partial charge in [0.1, 0.15) is 0 Å². The summed E-state index contributed by atoms with van der Waals surface area (Å²) in [4.78, 5) is 0. The van der Waals surface area contributed by atoms with Gasteiger partial charge in [-0.05, 0) is 12.8 Å². The molecule has 1 saturated heterocycles. The number of benzene rings is 1. The molecular weight excluding hydrogens is 259 g/mol. The number of alkyl halides is 2. The molecule has 1 aromatic rings. The third-order valence-corrected chi connectivity index (χ3v) is 2.95. The molecule has 1 heterocycles. The summed E-state index contributed by atoms with van der Waals surface area (Å²) >= 11 is 0. The number of hydrogen-bond donors (Lipinski definition) is 2. The summed E-state index contributed by atoms with van der Waals surface area (Å²) in [5.74, 6) is -1.41. The van der Waals surface area contributed by atoms with Crippen molar-refractivity contribution in [3.63, 3.8) is 0 Å². The number of hydrogen-bond acceptors (Lipinski definition) is 4. The number of rotatable bonds is 4. The zero-order valence-corrected chi connectivity index (χ0v) is 10.3. The van der Waals surface area contributed by atoms with Crippen LogP contribution in [0.2, 0.25) is 0 Å². The molecule has 0 atom stereocenters. The minimum absolute atomic E-state index is 0.157. The lowest BCUT2D eigenvalue weighted by atomic mass is 10.2. The fraction of sp³-hybridized carbons (Fsp3) is 0.500. The normalized spacial score (nSPS) is 16.6. The molecule has 19 heavy (non-hydrogen) atoms. The number of halogens is 3. The van der Waals surface area contributed by atoms with Gasteiger partial charge in [0.15, 0.2) is 11.6 Å². The molecule has 7 heteroatoms. The van der Waals surface area contributed by atoms with Gasteiger partial charge in [-0.25, -0.2) is 9.40 Å². The summed E-state index contributed by atoms with van der Waals surface area (Å²) in [7, 11) is 0. The van der Waals surface area contributed by atoms with E-state index in [1.54, 1.807) is 0 Å². The molecule has 1 fully saturated rings. The van der Waals surface area contributed by atoms with Gasteiger partial charge in [-0.15, -0.1) is 0 Å². The maximum Gasteiger partial charge on any atom is 0.387 e. The molecule has 106 valence electrons. The van der Waals surface area contributed by atoms with E-state index in [1.807, 2.05) is 5.01 Å². The third kappa shape index (κ3) is 3.66. The van der Waals surface area contributed by atoms with Gasteiger partial charge in [0.05, 0.1) is 11.4 Å². The zero-order chi connectivity index (χ0) is 13.8. The molecule has 0 aromatic heterocycles. The van der Waals surface area contributed by atoms with Crippen LogP contribution in [0, 0.1) is 5.82 Å². The fourth-order valence-corrected chi connectivity index (χ4v) is 2.03. The Labute approximate surface area is 109 Å². The number of anilines is 2. The van der Waals surface area contributed by atoms with Crippen molar-refractivity contribution in [3.8, 4) is 5.75 Å². The minimum atomic E-state index is -3.07. The van der Waals surface area contributed by atoms with Gasteiger partial charge in [0.25, 0.3) is 0 Å². The van der Waals surface area contributed by atoms with E-state index in [0.29, 0.717) is 5.69 Å². The van der Waals surface area contributed by atoms with Gasteiger partial charge in [0.2, 0.25) is 0 Å². The molecule has 2 rings (SSSR count). The monoisotopic (exact) mass is 275 g/mol. The SMILES string of the molecule is Nc1cc(F)c(OC(F)F)cc1NN1CCCCC1. The second-order valence-electron chi connectivity index (χ2n) is 4.41. The van der Waals surface area contributed by atoms with Crippen LogP contribution in [0.1, 0.15) is 19.3 Å². The maximum absolute atomic E-state index is 13.4. The van der Waals surface area contributed by atoms with Crippen molar-refractivity contribution < 1.29 is 17.9 Å². The summed E-state index contributed by atoms with van der Waals surface area (Å²) < 4.78 is 41.8. The largest absolute Gasteiger partial charge is 0.432 e. The Bertz CT molecular complexity index is 436. The van der Waals surface area contributed by atoms with Crippen molar-refractivity contribution in [1.82, 2.24) is 5.01 Å². The zero-order valence-electron chi connectivity index (χ0n) is 10.3. The molecular formula is C12H16F3N3O. The smallest absolute Gasteiger partial charge is 0.387 e. The average molecular weight is 275 g/mol. The highest BCUT2D eigenvalue weighted by Crippen LogP contribution is 2.30. The predicted molar refractivity (Wildman–Crippen MR) is 66.5 cm³/mol. The molecule has 0 unspecified atom stereocenters. The molecule has 3 N–H and O–H groups in total. The molecule has 0 bridgehead atoms. The quantitative estimate of drug-likeness (QED) is 0.830. The standard InChI is InChI=1S/C12H16F3N3O/c13-8-6-9(16)10(7-11(8)19-12(14)15)17-18-4-2-1-3-5-18/h6-7,12,17H,1-5,16H2. The number of nitrogens with zero attached hydrogens (tertiary/aromatic N) is 1. The summed E-state index contributed by atoms with van der Waals surface area (Å²) in [6.45, 7) is -1.40. The van der Waals surface area contributed by atoms with Crippen LogP contribution in [-0.4, -0.2) is 24.7 Å². The Morgan fingerprint density at radius 2 is 1.89 bits per heavy atom.